The molecule has 0 unspecified atom stereocenters. The number of aromatic nitrogens is 1. The number of likely N-dealkylation sites (tertiary alicyclic amines) is 1. The zero-order valence-electron chi connectivity index (χ0n) is 15.8. The summed E-state index contributed by atoms with van der Waals surface area (Å²) < 4.78 is 5.47. The van der Waals surface area contributed by atoms with Crippen LogP contribution < -0.4 is 5.32 Å². The van der Waals surface area contributed by atoms with E-state index in [9.17, 15) is 4.79 Å². The Labute approximate surface area is 159 Å². The van der Waals surface area contributed by atoms with Crippen molar-refractivity contribution in [2.45, 2.75) is 45.1 Å². The Balaban J connectivity index is 1.74. The highest BCUT2D eigenvalue weighted by Crippen LogP contribution is 2.36. The van der Waals surface area contributed by atoms with Crippen molar-refractivity contribution >= 4 is 34.3 Å². The van der Waals surface area contributed by atoms with Crippen LogP contribution in [0.2, 0.25) is 5.02 Å². The van der Waals surface area contributed by atoms with Gasteiger partial charge in [0, 0.05) is 36.7 Å². The number of benzene rings is 1. The Morgan fingerprint density at radius 2 is 1.92 bits per heavy atom. The van der Waals surface area contributed by atoms with E-state index in [2.05, 4.69) is 16.4 Å². The van der Waals surface area contributed by atoms with E-state index in [1.54, 1.807) is 4.90 Å². The summed E-state index contributed by atoms with van der Waals surface area (Å²) >= 11 is 6.55. The van der Waals surface area contributed by atoms with Gasteiger partial charge in [-0.15, -0.1) is 0 Å². The summed E-state index contributed by atoms with van der Waals surface area (Å²) in [5.41, 5.74) is 0.686. The second kappa shape index (κ2) is 7.31. The fraction of sp³-hybridized carbons (Fsp3) is 0.500. The van der Waals surface area contributed by atoms with Crippen LogP contribution in [0.5, 0.6) is 0 Å². The lowest BCUT2D eigenvalue weighted by Gasteiger charge is -2.34. The zero-order valence-corrected chi connectivity index (χ0v) is 16.6. The summed E-state index contributed by atoms with van der Waals surface area (Å²) in [5.74, 6) is 1.18. The van der Waals surface area contributed by atoms with Crippen LogP contribution in [0.3, 0.4) is 0 Å². The topological polar surface area (TPSA) is 54.5 Å². The molecule has 1 aliphatic heterocycles. The number of halogens is 1. The van der Waals surface area contributed by atoms with E-state index >= 15 is 0 Å². The van der Waals surface area contributed by atoms with Crippen molar-refractivity contribution in [3.05, 3.63) is 35.0 Å². The average molecular weight is 376 g/mol. The molecule has 5 nitrogen and oxygen atoms in total. The molecule has 1 fully saturated rings. The molecule has 2 heterocycles. The molecule has 1 N–H and O–H groups in total. The fourth-order valence-electron chi connectivity index (χ4n) is 3.33. The first-order valence-electron chi connectivity index (χ1n) is 9.02. The van der Waals surface area contributed by atoms with E-state index in [4.69, 9.17) is 16.3 Å². The second-order valence-electron chi connectivity index (χ2n) is 7.78. The molecule has 0 atom stereocenters. The summed E-state index contributed by atoms with van der Waals surface area (Å²) in [6.07, 6.45) is 3.37. The van der Waals surface area contributed by atoms with Crippen LogP contribution in [-0.4, -0.2) is 41.7 Å². The quantitative estimate of drug-likeness (QED) is 0.798. The van der Waals surface area contributed by atoms with Crippen LogP contribution in [0.1, 0.15) is 45.1 Å². The van der Waals surface area contributed by atoms with Crippen molar-refractivity contribution < 1.29 is 9.53 Å². The molecule has 1 aromatic heterocycles. The van der Waals surface area contributed by atoms with Gasteiger partial charge in [-0.1, -0.05) is 11.6 Å². The maximum absolute atomic E-state index is 12.2. The predicted octanol–water partition coefficient (Wildman–Crippen LogP) is 5.04. The number of hydrogen-bond acceptors (Lipinski definition) is 4. The normalized spacial score (nSPS) is 16.0. The fourth-order valence-corrected chi connectivity index (χ4v) is 3.66. The molecular formula is C20H26ClN3O2. The number of fused-ring (bicyclic) bond motifs is 1. The van der Waals surface area contributed by atoms with Crippen molar-refractivity contribution in [2.24, 2.45) is 0 Å². The molecule has 3 rings (SSSR count). The third-order valence-electron chi connectivity index (χ3n) is 4.68. The van der Waals surface area contributed by atoms with Crippen molar-refractivity contribution in [2.75, 3.05) is 25.5 Å². The molecular weight excluding hydrogens is 350 g/mol. The molecule has 1 saturated heterocycles. The molecule has 0 radical (unpaired) electrons. The zero-order chi connectivity index (χ0) is 18.9. The number of rotatable bonds is 2. The summed E-state index contributed by atoms with van der Waals surface area (Å²) in [6.45, 7) is 7.04. The number of carbonyl (C=O) groups is 1. The molecule has 0 bridgehead atoms. The lowest BCUT2D eigenvalue weighted by Crippen LogP contribution is -2.41. The van der Waals surface area contributed by atoms with Crippen LogP contribution in [0.25, 0.3) is 10.8 Å². The van der Waals surface area contributed by atoms with Crippen molar-refractivity contribution in [3.8, 4) is 0 Å². The molecule has 1 aliphatic rings. The van der Waals surface area contributed by atoms with Gasteiger partial charge in [0.15, 0.2) is 0 Å². The number of ether oxygens (including phenoxy) is 1. The van der Waals surface area contributed by atoms with Gasteiger partial charge in [-0.3, -0.25) is 0 Å². The van der Waals surface area contributed by atoms with Crippen LogP contribution in [0.4, 0.5) is 10.6 Å². The van der Waals surface area contributed by atoms with Crippen LogP contribution in [0, 0.1) is 0 Å². The van der Waals surface area contributed by atoms with Gasteiger partial charge in [0.05, 0.1) is 0 Å². The predicted molar refractivity (Wildman–Crippen MR) is 106 cm³/mol. The van der Waals surface area contributed by atoms with Gasteiger partial charge in [-0.2, -0.15) is 0 Å². The number of piperidine rings is 1. The number of hydrogen-bond donors (Lipinski definition) is 1. The summed E-state index contributed by atoms with van der Waals surface area (Å²) in [5, 5.41) is 5.99. The van der Waals surface area contributed by atoms with Gasteiger partial charge in [0.25, 0.3) is 0 Å². The van der Waals surface area contributed by atoms with Crippen LogP contribution in [0.15, 0.2) is 24.4 Å². The van der Waals surface area contributed by atoms with Gasteiger partial charge in [0.2, 0.25) is 0 Å². The standard InChI is InChI=1S/C20H26ClN3O2/c1-20(2,3)26-19(25)24-7-5-13(6-8-24)16-9-14-11-18(22-4)23-12-15(14)10-17(16)21/h9-13H,5-8H2,1-4H3,(H,22,23). The Bertz CT molecular complexity index is 809. The molecule has 2 aromatic rings. The number of nitrogens with one attached hydrogen (secondary N) is 1. The number of amides is 1. The Kier molecular flexibility index (Phi) is 5.28. The highest BCUT2D eigenvalue weighted by Gasteiger charge is 2.28. The maximum Gasteiger partial charge on any atom is 0.410 e. The highest BCUT2D eigenvalue weighted by atomic mass is 35.5. The summed E-state index contributed by atoms with van der Waals surface area (Å²) in [4.78, 5) is 18.4. The number of anilines is 1. The smallest absolute Gasteiger partial charge is 0.410 e. The number of nitrogens with zero attached hydrogens (tertiary/aromatic N) is 2. The Morgan fingerprint density at radius 1 is 1.23 bits per heavy atom. The summed E-state index contributed by atoms with van der Waals surface area (Å²) in [6, 6.07) is 6.18. The van der Waals surface area contributed by atoms with Crippen molar-refractivity contribution in [1.29, 1.82) is 0 Å². The minimum absolute atomic E-state index is 0.231. The molecule has 0 spiro atoms. The minimum Gasteiger partial charge on any atom is -0.444 e. The molecule has 6 heteroatoms. The van der Waals surface area contributed by atoms with E-state index in [1.807, 2.05) is 46.1 Å². The van der Waals surface area contributed by atoms with Gasteiger partial charge in [-0.25, -0.2) is 9.78 Å². The molecule has 1 amide bonds. The number of carbonyl (C=O) groups excluding carboxylic acids is 1. The first-order valence-corrected chi connectivity index (χ1v) is 9.39. The molecule has 0 saturated carbocycles. The van der Waals surface area contributed by atoms with Gasteiger partial charge in [-0.05, 0) is 68.7 Å². The maximum atomic E-state index is 12.2. The third-order valence-corrected chi connectivity index (χ3v) is 5.01. The SMILES string of the molecule is CNc1cc2cc(C3CCN(C(=O)OC(C)(C)C)CC3)c(Cl)cc2cn1. The Hall–Kier alpha value is -2.01. The van der Waals surface area contributed by atoms with E-state index in [-0.39, 0.29) is 6.09 Å². The van der Waals surface area contributed by atoms with Crippen LogP contribution >= 0.6 is 11.6 Å². The van der Waals surface area contributed by atoms with E-state index in [0.29, 0.717) is 19.0 Å². The highest BCUT2D eigenvalue weighted by molar-refractivity contribution is 6.32. The van der Waals surface area contributed by atoms with Crippen LogP contribution in [-0.2, 0) is 4.74 Å². The summed E-state index contributed by atoms with van der Waals surface area (Å²) in [7, 11) is 1.86. The monoisotopic (exact) mass is 375 g/mol. The largest absolute Gasteiger partial charge is 0.444 e. The molecule has 0 aliphatic carbocycles. The average Bonchev–Trinajstić information content (AvgIpc) is 2.59. The van der Waals surface area contributed by atoms with Gasteiger partial charge in [0.1, 0.15) is 11.4 Å². The molecule has 26 heavy (non-hydrogen) atoms. The lowest BCUT2D eigenvalue weighted by molar-refractivity contribution is 0.0205. The van der Waals surface area contributed by atoms with E-state index in [0.717, 1.165) is 40.0 Å². The minimum atomic E-state index is -0.464. The first-order chi connectivity index (χ1) is 12.3. The third kappa shape index (κ3) is 4.21. The second-order valence-corrected chi connectivity index (χ2v) is 8.19. The van der Waals surface area contributed by atoms with Crippen molar-refractivity contribution in [3.63, 3.8) is 0 Å². The van der Waals surface area contributed by atoms with E-state index in [1.165, 1.54) is 0 Å². The van der Waals surface area contributed by atoms with Crippen molar-refractivity contribution in [1.82, 2.24) is 9.88 Å². The van der Waals surface area contributed by atoms with Gasteiger partial charge < -0.3 is 15.0 Å². The Morgan fingerprint density at radius 3 is 2.54 bits per heavy atom. The lowest BCUT2D eigenvalue weighted by atomic mass is 9.88. The van der Waals surface area contributed by atoms with E-state index < -0.39 is 5.60 Å². The number of pyridine rings is 1. The molecule has 1 aromatic carbocycles. The van der Waals surface area contributed by atoms with Gasteiger partial charge >= 0.3 is 6.09 Å². The first kappa shape index (κ1) is 18.8. The molecule has 140 valence electrons.